The number of hydrazine groups is 1. The number of nitrogens with two attached hydrogens (primary N) is 2. The summed E-state index contributed by atoms with van der Waals surface area (Å²) in [4.78, 5) is 26.4. The molecule has 0 saturated heterocycles. The Morgan fingerprint density at radius 1 is 1.19 bits per heavy atom. The van der Waals surface area contributed by atoms with E-state index >= 15 is 0 Å². The second-order valence-corrected chi connectivity index (χ2v) is 4.19. The minimum absolute atomic E-state index is 0.201. The molecular formula is C14H14N4O3. The second kappa shape index (κ2) is 6.49. The van der Waals surface area contributed by atoms with E-state index in [4.69, 9.17) is 16.3 Å². The number of aromatic nitrogens is 1. The number of ether oxygens (including phenoxy) is 1. The van der Waals surface area contributed by atoms with Crippen LogP contribution < -0.4 is 21.7 Å². The van der Waals surface area contributed by atoms with Crippen molar-refractivity contribution in [2.75, 3.05) is 0 Å². The van der Waals surface area contributed by atoms with Gasteiger partial charge in [-0.25, -0.2) is 5.84 Å². The third-order valence-corrected chi connectivity index (χ3v) is 2.72. The maximum absolute atomic E-state index is 11.3. The molecule has 2 amide bonds. The molecule has 1 aromatic heterocycles. The molecule has 5 N–H and O–H groups in total. The first kappa shape index (κ1) is 14.5. The first-order chi connectivity index (χ1) is 10.1. The van der Waals surface area contributed by atoms with Crippen LogP contribution in [0, 0.1) is 0 Å². The van der Waals surface area contributed by atoms with E-state index < -0.39 is 11.8 Å². The SMILES string of the molecule is NNC(=O)c1ccc(COc2cccc(C(N)=O)c2)nc1. The van der Waals surface area contributed by atoms with E-state index in [0.29, 0.717) is 22.6 Å². The summed E-state index contributed by atoms with van der Waals surface area (Å²) in [5.41, 5.74) is 8.58. The summed E-state index contributed by atoms with van der Waals surface area (Å²) in [6.07, 6.45) is 1.40. The smallest absolute Gasteiger partial charge is 0.266 e. The zero-order chi connectivity index (χ0) is 15.2. The number of carbonyl (C=O) groups excluding carboxylic acids is 2. The molecule has 0 fully saturated rings. The monoisotopic (exact) mass is 286 g/mol. The quantitative estimate of drug-likeness (QED) is 0.416. The lowest BCUT2D eigenvalue weighted by atomic mass is 10.2. The summed E-state index contributed by atoms with van der Waals surface area (Å²) in [6.45, 7) is 0.201. The van der Waals surface area contributed by atoms with Crippen molar-refractivity contribution in [1.82, 2.24) is 10.4 Å². The number of pyridine rings is 1. The zero-order valence-corrected chi connectivity index (χ0v) is 11.1. The Morgan fingerprint density at radius 2 is 2.00 bits per heavy atom. The zero-order valence-electron chi connectivity index (χ0n) is 11.1. The van der Waals surface area contributed by atoms with Gasteiger partial charge in [0.2, 0.25) is 5.91 Å². The number of primary amides is 1. The number of nitrogen functional groups attached to an aromatic ring is 1. The summed E-state index contributed by atoms with van der Waals surface area (Å²) in [5.74, 6) is 4.61. The van der Waals surface area contributed by atoms with E-state index in [0.717, 1.165) is 0 Å². The van der Waals surface area contributed by atoms with Crippen LogP contribution in [0.2, 0.25) is 0 Å². The molecule has 1 aromatic carbocycles. The van der Waals surface area contributed by atoms with E-state index in [1.165, 1.54) is 6.20 Å². The van der Waals surface area contributed by atoms with E-state index in [9.17, 15) is 9.59 Å². The Kier molecular flexibility index (Phi) is 4.47. The molecule has 0 aliphatic heterocycles. The third kappa shape index (κ3) is 3.77. The lowest BCUT2D eigenvalue weighted by Crippen LogP contribution is -2.30. The average molecular weight is 286 g/mol. The number of rotatable bonds is 5. The molecule has 0 aliphatic carbocycles. The van der Waals surface area contributed by atoms with Gasteiger partial charge in [-0.1, -0.05) is 6.07 Å². The van der Waals surface area contributed by atoms with Crippen molar-refractivity contribution in [1.29, 1.82) is 0 Å². The highest BCUT2D eigenvalue weighted by Gasteiger charge is 2.05. The Labute approximate surface area is 120 Å². The normalized spacial score (nSPS) is 9.95. The number of amides is 2. The van der Waals surface area contributed by atoms with Crippen molar-refractivity contribution >= 4 is 11.8 Å². The molecule has 0 bridgehead atoms. The fraction of sp³-hybridized carbons (Fsp3) is 0.0714. The second-order valence-electron chi connectivity index (χ2n) is 4.19. The maximum atomic E-state index is 11.3. The first-order valence-electron chi connectivity index (χ1n) is 6.08. The predicted molar refractivity (Wildman–Crippen MR) is 75.2 cm³/mol. The van der Waals surface area contributed by atoms with Gasteiger partial charge in [0.05, 0.1) is 11.3 Å². The van der Waals surface area contributed by atoms with Crippen molar-refractivity contribution < 1.29 is 14.3 Å². The molecule has 0 saturated carbocycles. The third-order valence-electron chi connectivity index (χ3n) is 2.72. The van der Waals surface area contributed by atoms with Crippen LogP contribution in [-0.2, 0) is 6.61 Å². The lowest BCUT2D eigenvalue weighted by molar-refractivity contribution is 0.0952. The Hall–Kier alpha value is -2.93. The number of nitrogens with zero attached hydrogens (tertiary/aromatic N) is 1. The molecule has 108 valence electrons. The van der Waals surface area contributed by atoms with Crippen LogP contribution in [-0.4, -0.2) is 16.8 Å². The van der Waals surface area contributed by atoms with Crippen molar-refractivity contribution in [3.63, 3.8) is 0 Å². The molecule has 2 aromatic rings. The molecular weight excluding hydrogens is 272 g/mol. The van der Waals surface area contributed by atoms with Crippen LogP contribution in [0.25, 0.3) is 0 Å². The Balaban J connectivity index is 2.01. The van der Waals surface area contributed by atoms with Crippen molar-refractivity contribution in [3.8, 4) is 5.75 Å². The van der Waals surface area contributed by atoms with Gasteiger partial charge in [0.1, 0.15) is 12.4 Å². The molecule has 0 atom stereocenters. The molecule has 1 heterocycles. The highest BCUT2D eigenvalue weighted by Crippen LogP contribution is 2.14. The van der Waals surface area contributed by atoms with E-state index in [1.807, 2.05) is 5.43 Å². The fourth-order valence-corrected chi connectivity index (χ4v) is 1.62. The summed E-state index contributed by atoms with van der Waals surface area (Å²) < 4.78 is 5.51. The van der Waals surface area contributed by atoms with Gasteiger partial charge >= 0.3 is 0 Å². The maximum Gasteiger partial charge on any atom is 0.266 e. The number of carbonyl (C=O) groups is 2. The van der Waals surface area contributed by atoms with Gasteiger partial charge in [0.15, 0.2) is 0 Å². The standard InChI is InChI=1S/C14H14N4O3/c15-13(19)9-2-1-3-12(6-9)21-8-11-5-4-10(7-17-11)14(20)18-16/h1-7H,8,16H2,(H2,15,19)(H,18,20). The van der Waals surface area contributed by atoms with Crippen LogP contribution in [0.4, 0.5) is 0 Å². The molecule has 7 nitrogen and oxygen atoms in total. The van der Waals surface area contributed by atoms with Crippen LogP contribution in [0.15, 0.2) is 42.6 Å². The summed E-state index contributed by atoms with van der Waals surface area (Å²) in [5, 5.41) is 0. The fourth-order valence-electron chi connectivity index (χ4n) is 1.62. The van der Waals surface area contributed by atoms with Gasteiger partial charge < -0.3 is 10.5 Å². The topological polar surface area (TPSA) is 120 Å². The minimum Gasteiger partial charge on any atom is -0.487 e. The van der Waals surface area contributed by atoms with Crippen LogP contribution in [0.3, 0.4) is 0 Å². The number of nitrogens with one attached hydrogen (secondary N) is 1. The molecule has 0 unspecified atom stereocenters. The largest absolute Gasteiger partial charge is 0.487 e. The van der Waals surface area contributed by atoms with E-state index in [-0.39, 0.29) is 6.61 Å². The summed E-state index contributed by atoms with van der Waals surface area (Å²) in [7, 11) is 0. The Morgan fingerprint density at radius 3 is 2.62 bits per heavy atom. The predicted octanol–water partition coefficient (Wildman–Crippen LogP) is 0.363. The summed E-state index contributed by atoms with van der Waals surface area (Å²) >= 11 is 0. The molecule has 7 heteroatoms. The molecule has 21 heavy (non-hydrogen) atoms. The first-order valence-corrected chi connectivity index (χ1v) is 6.08. The lowest BCUT2D eigenvalue weighted by Gasteiger charge is -2.07. The minimum atomic E-state index is -0.518. The van der Waals surface area contributed by atoms with Crippen LogP contribution >= 0.6 is 0 Å². The highest BCUT2D eigenvalue weighted by molar-refractivity contribution is 5.93. The van der Waals surface area contributed by atoms with Crippen LogP contribution in [0.5, 0.6) is 5.75 Å². The van der Waals surface area contributed by atoms with Crippen molar-refractivity contribution in [3.05, 3.63) is 59.4 Å². The van der Waals surface area contributed by atoms with E-state index in [2.05, 4.69) is 4.98 Å². The van der Waals surface area contributed by atoms with Gasteiger partial charge in [0.25, 0.3) is 5.91 Å². The average Bonchev–Trinajstić information content (AvgIpc) is 2.53. The Bertz CT molecular complexity index is 656. The van der Waals surface area contributed by atoms with Gasteiger partial charge in [-0.3, -0.25) is 20.0 Å². The molecule has 0 aliphatic rings. The molecule has 2 rings (SSSR count). The van der Waals surface area contributed by atoms with Crippen LogP contribution in [0.1, 0.15) is 26.4 Å². The van der Waals surface area contributed by atoms with Gasteiger partial charge in [-0.2, -0.15) is 0 Å². The number of hydrogen-bond donors (Lipinski definition) is 3. The summed E-state index contributed by atoms with van der Waals surface area (Å²) in [6, 6.07) is 9.79. The van der Waals surface area contributed by atoms with Gasteiger partial charge in [-0.05, 0) is 30.3 Å². The molecule has 0 radical (unpaired) electrons. The highest BCUT2D eigenvalue weighted by atomic mass is 16.5. The van der Waals surface area contributed by atoms with Gasteiger partial charge in [-0.15, -0.1) is 0 Å². The number of benzene rings is 1. The number of hydrogen-bond acceptors (Lipinski definition) is 5. The van der Waals surface area contributed by atoms with Crippen molar-refractivity contribution in [2.45, 2.75) is 6.61 Å². The van der Waals surface area contributed by atoms with Gasteiger partial charge in [0, 0.05) is 11.8 Å². The van der Waals surface area contributed by atoms with Crippen molar-refractivity contribution in [2.24, 2.45) is 11.6 Å². The molecule has 0 spiro atoms. The van der Waals surface area contributed by atoms with E-state index in [1.54, 1.807) is 36.4 Å².